The van der Waals surface area contributed by atoms with Gasteiger partial charge in [0.05, 0.1) is 19.7 Å². The first-order valence-corrected chi connectivity index (χ1v) is 7.61. The maximum atomic E-state index is 12.3. The number of unbranched alkanes of at least 4 members (excludes halogenated alkanes) is 1. The van der Waals surface area contributed by atoms with Gasteiger partial charge in [0.1, 0.15) is 5.60 Å². The highest BCUT2D eigenvalue weighted by atomic mass is 16.6. The van der Waals surface area contributed by atoms with Crippen LogP contribution < -0.4 is 11.5 Å². The van der Waals surface area contributed by atoms with Crippen molar-refractivity contribution in [3.05, 3.63) is 0 Å². The van der Waals surface area contributed by atoms with Crippen molar-refractivity contribution in [1.82, 2.24) is 10.0 Å². The van der Waals surface area contributed by atoms with Crippen LogP contribution in [-0.4, -0.2) is 60.6 Å². The molecule has 0 saturated heterocycles. The second-order valence-corrected chi connectivity index (χ2v) is 5.77. The first-order chi connectivity index (χ1) is 10.3. The fourth-order valence-corrected chi connectivity index (χ4v) is 1.56. The molecule has 0 aromatic heterocycles. The first-order valence-electron chi connectivity index (χ1n) is 7.61. The molecule has 8 heteroatoms. The van der Waals surface area contributed by atoms with Crippen LogP contribution in [-0.2, 0) is 9.47 Å². The van der Waals surface area contributed by atoms with Gasteiger partial charge in [0.25, 0.3) is 0 Å². The van der Waals surface area contributed by atoms with Gasteiger partial charge in [-0.25, -0.2) is 19.6 Å². The number of carbonyl (C=O) groups is 2. The molecule has 0 aromatic rings. The Bertz CT molecular complexity index is 344. The van der Waals surface area contributed by atoms with Gasteiger partial charge in [0.15, 0.2) is 0 Å². The van der Waals surface area contributed by atoms with Gasteiger partial charge in [-0.2, -0.15) is 0 Å². The van der Waals surface area contributed by atoms with E-state index in [2.05, 4.69) is 0 Å². The quantitative estimate of drug-likeness (QED) is 0.540. The lowest BCUT2D eigenvalue weighted by atomic mass is 10.2. The van der Waals surface area contributed by atoms with Crippen molar-refractivity contribution in [3.8, 4) is 0 Å². The summed E-state index contributed by atoms with van der Waals surface area (Å²) in [7, 11) is 0. The highest BCUT2D eigenvalue weighted by Gasteiger charge is 2.30. The maximum absolute atomic E-state index is 12.3. The molecule has 0 unspecified atom stereocenters. The Morgan fingerprint density at radius 1 is 1.00 bits per heavy atom. The Morgan fingerprint density at radius 2 is 1.50 bits per heavy atom. The van der Waals surface area contributed by atoms with Crippen molar-refractivity contribution in [2.24, 2.45) is 11.5 Å². The van der Waals surface area contributed by atoms with Crippen LogP contribution in [0.4, 0.5) is 9.59 Å². The summed E-state index contributed by atoms with van der Waals surface area (Å²) in [6, 6.07) is 0. The van der Waals surface area contributed by atoms with Crippen molar-refractivity contribution in [1.29, 1.82) is 0 Å². The molecule has 0 spiro atoms. The normalized spacial score (nSPS) is 11.0. The highest BCUT2D eigenvalue weighted by molar-refractivity contribution is 5.74. The van der Waals surface area contributed by atoms with E-state index in [9.17, 15) is 9.59 Å². The summed E-state index contributed by atoms with van der Waals surface area (Å²) in [6.07, 6.45) is 0.380. The lowest BCUT2D eigenvalue weighted by molar-refractivity contribution is -0.0446. The van der Waals surface area contributed by atoms with E-state index in [0.29, 0.717) is 6.61 Å². The molecule has 2 amide bonds. The van der Waals surface area contributed by atoms with Gasteiger partial charge >= 0.3 is 12.2 Å². The summed E-state index contributed by atoms with van der Waals surface area (Å²) in [5, 5.41) is 2.29. The molecule has 0 aliphatic heterocycles. The second kappa shape index (κ2) is 10.2. The van der Waals surface area contributed by atoms with Crippen LogP contribution in [0, 0.1) is 0 Å². The van der Waals surface area contributed by atoms with Crippen molar-refractivity contribution in [2.75, 3.05) is 32.8 Å². The van der Waals surface area contributed by atoms with Crippen LogP contribution in [0.25, 0.3) is 0 Å². The summed E-state index contributed by atoms with van der Waals surface area (Å²) < 4.78 is 10.4. The number of hydrogen-bond acceptors (Lipinski definition) is 6. The molecular weight excluding hydrogens is 288 g/mol. The molecule has 4 N–H and O–H groups in total. The van der Waals surface area contributed by atoms with Crippen LogP contribution in [0.2, 0.25) is 0 Å². The van der Waals surface area contributed by atoms with E-state index in [0.717, 1.165) is 22.9 Å². The summed E-state index contributed by atoms with van der Waals surface area (Å²) in [4.78, 5) is 24.4. The van der Waals surface area contributed by atoms with Crippen LogP contribution in [0.5, 0.6) is 0 Å². The number of rotatable bonds is 7. The average molecular weight is 318 g/mol. The van der Waals surface area contributed by atoms with E-state index in [4.69, 9.17) is 20.9 Å². The van der Waals surface area contributed by atoms with Crippen LogP contribution >= 0.6 is 0 Å². The third-order valence-electron chi connectivity index (χ3n) is 2.51. The van der Waals surface area contributed by atoms with Crippen molar-refractivity contribution >= 4 is 12.2 Å². The fraction of sp³-hybridized carbons (Fsp3) is 0.857. The molecular formula is C14H30N4O4. The average Bonchev–Trinajstić information content (AvgIpc) is 2.40. The van der Waals surface area contributed by atoms with Gasteiger partial charge in [0.2, 0.25) is 0 Å². The van der Waals surface area contributed by atoms with E-state index in [1.165, 1.54) is 0 Å². The first kappa shape index (κ1) is 20.5. The Hall–Kier alpha value is -1.54. The summed E-state index contributed by atoms with van der Waals surface area (Å²) in [5.41, 5.74) is 10.4. The second-order valence-electron chi connectivity index (χ2n) is 5.77. The van der Waals surface area contributed by atoms with Crippen LogP contribution in [0.15, 0.2) is 0 Å². The van der Waals surface area contributed by atoms with Crippen molar-refractivity contribution in [2.45, 2.75) is 46.1 Å². The van der Waals surface area contributed by atoms with Gasteiger partial charge in [0, 0.05) is 13.1 Å². The SMILES string of the molecule is CCCCOC(=O)N(CCN)N(CCN)C(=O)OC(C)(C)C. The van der Waals surface area contributed by atoms with Gasteiger partial charge in [-0.05, 0) is 27.2 Å². The Kier molecular flexibility index (Phi) is 9.51. The largest absolute Gasteiger partial charge is 0.448 e. The predicted molar refractivity (Wildman–Crippen MR) is 84.0 cm³/mol. The number of hydrazine groups is 1. The number of hydrogen-bond donors (Lipinski definition) is 2. The molecule has 0 fully saturated rings. The monoisotopic (exact) mass is 318 g/mol. The van der Waals surface area contributed by atoms with E-state index < -0.39 is 17.8 Å². The minimum Gasteiger partial charge on any atom is -0.448 e. The van der Waals surface area contributed by atoms with Gasteiger partial charge in [-0.3, -0.25) is 0 Å². The number of carbonyl (C=O) groups excluding carboxylic acids is 2. The summed E-state index contributed by atoms with van der Waals surface area (Å²) in [5.74, 6) is 0. The van der Waals surface area contributed by atoms with E-state index in [1.54, 1.807) is 20.8 Å². The molecule has 0 saturated carbocycles. The number of ether oxygens (including phenoxy) is 2. The number of nitrogens with two attached hydrogens (primary N) is 2. The fourth-order valence-electron chi connectivity index (χ4n) is 1.56. The topological polar surface area (TPSA) is 111 Å². The molecule has 0 heterocycles. The van der Waals surface area contributed by atoms with Gasteiger partial charge < -0.3 is 20.9 Å². The molecule has 0 atom stereocenters. The van der Waals surface area contributed by atoms with Crippen molar-refractivity contribution in [3.63, 3.8) is 0 Å². The molecule has 0 radical (unpaired) electrons. The third-order valence-corrected chi connectivity index (χ3v) is 2.51. The highest BCUT2D eigenvalue weighted by Crippen LogP contribution is 2.12. The Labute approximate surface area is 132 Å². The predicted octanol–water partition coefficient (Wildman–Crippen LogP) is 1.29. The van der Waals surface area contributed by atoms with Crippen LogP contribution in [0.1, 0.15) is 40.5 Å². The molecule has 130 valence electrons. The van der Waals surface area contributed by atoms with Gasteiger partial charge in [-0.1, -0.05) is 13.3 Å². The summed E-state index contributed by atoms with van der Waals surface area (Å²) >= 11 is 0. The minimum absolute atomic E-state index is 0.137. The zero-order chi connectivity index (χ0) is 17.2. The lowest BCUT2D eigenvalue weighted by Crippen LogP contribution is -2.54. The number of nitrogens with zero attached hydrogens (tertiary/aromatic N) is 2. The van der Waals surface area contributed by atoms with E-state index >= 15 is 0 Å². The van der Waals surface area contributed by atoms with E-state index in [1.807, 2.05) is 6.92 Å². The number of amides is 2. The molecule has 0 rings (SSSR count). The Balaban J connectivity index is 4.99. The zero-order valence-corrected chi connectivity index (χ0v) is 14.1. The maximum Gasteiger partial charge on any atom is 0.429 e. The molecule has 0 aromatic carbocycles. The molecule has 0 bridgehead atoms. The summed E-state index contributed by atoms with van der Waals surface area (Å²) in [6.45, 7) is 8.18. The molecule has 0 aliphatic rings. The minimum atomic E-state index is -0.676. The van der Waals surface area contributed by atoms with Gasteiger partial charge in [-0.15, -0.1) is 0 Å². The van der Waals surface area contributed by atoms with Crippen molar-refractivity contribution < 1.29 is 19.1 Å². The molecule has 0 aliphatic carbocycles. The lowest BCUT2D eigenvalue weighted by Gasteiger charge is -2.34. The third kappa shape index (κ3) is 8.04. The zero-order valence-electron chi connectivity index (χ0n) is 14.1. The molecule has 8 nitrogen and oxygen atoms in total. The van der Waals surface area contributed by atoms with Crippen LogP contribution in [0.3, 0.4) is 0 Å². The molecule has 22 heavy (non-hydrogen) atoms. The smallest absolute Gasteiger partial charge is 0.429 e. The Morgan fingerprint density at radius 3 is 1.91 bits per heavy atom. The van der Waals surface area contributed by atoms with E-state index in [-0.39, 0.29) is 26.2 Å². The standard InChI is InChI=1S/C14H30N4O4/c1-5-6-11-21-12(19)17(9-7-15)18(10-8-16)13(20)22-14(2,3)4/h5-11,15-16H2,1-4H3.